The summed E-state index contributed by atoms with van der Waals surface area (Å²) < 4.78 is 1.24. The largest absolute Gasteiger partial charge is 0.327 e. The lowest BCUT2D eigenvalue weighted by Gasteiger charge is -2.37. The highest BCUT2D eigenvalue weighted by Crippen LogP contribution is 2.29. The van der Waals surface area contributed by atoms with Gasteiger partial charge in [-0.2, -0.15) is 0 Å². The molecule has 0 aromatic carbocycles. The van der Waals surface area contributed by atoms with E-state index < -0.39 is 0 Å². The SMILES string of the molecule is Cc1sc(CN2CCCCC2C(C)N)cc1Br. The summed E-state index contributed by atoms with van der Waals surface area (Å²) in [6.45, 7) is 6.56. The summed E-state index contributed by atoms with van der Waals surface area (Å²) in [5.74, 6) is 0. The van der Waals surface area contributed by atoms with E-state index in [2.05, 4.69) is 40.7 Å². The van der Waals surface area contributed by atoms with Gasteiger partial charge in [-0.1, -0.05) is 6.42 Å². The highest BCUT2D eigenvalue weighted by Gasteiger charge is 2.25. The first kappa shape index (κ1) is 13.5. The van der Waals surface area contributed by atoms with Gasteiger partial charge in [-0.3, -0.25) is 4.90 Å². The Balaban J connectivity index is 2.05. The minimum atomic E-state index is 0.278. The number of nitrogens with two attached hydrogens (primary N) is 1. The van der Waals surface area contributed by atoms with Crippen LogP contribution in [0.4, 0.5) is 0 Å². The van der Waals surface area contributed by atoms with Crippen LogP contribution in [0.1, 0.15) is 35.9 Å². The predicted molar refractivity (Wildman–Crippen MR) is 78.5 cm³/mol. The summed E-state index contributed by atoms with van der Waals surface area (Å²) in [6, 6.07) is 3.09. The summed E-state index contributed by atoms with van der Waals surface area (Å²) in [6.07, 6.45) is 3.90. The zero-order valence-corrected chi connectivity index (χ0v) is 13.0. The van der Waals surface area contributed by atoms with Crippen molar-refractivity contribution in [2.75, 3.05) is 6.54 Å². The molecule has 1 aliphatic heterocycles. The van der Waals surface area contributed by atoms with Crippen LogP contribution < -0.4 is 5.73 Å². The van der Waals surface area contributed by atoms with Crippen molar-refractivity contribution in [1.29, 1.82) is 0 Å². The van der Waals surface area contributed by atoms with E-state index >= 15 is 0 Å². The van der Waals surface area contributed by atoms with Crippen LogP contribution in [0.2, 0.25) is 0 Å². The van der Waals surface area contributed by atoms with E-state index in [4.69, 9.17) is 5.73 Å². The molecule has 0 aliphatic carbocycles. The summed E-state index contributed by atoms with van der Waals surface area (Å²) >= 11 is 5.48. The molecule has 0 amide bonds. The van der Waals surface area contributed by atoms with Gasteiger partial charge in [0.2, 0.25) is 0 Å². The summed E-state index contributed by atoms with van der Waals surface area (Å²) in [7, 11) is 0. The maximum Gasteiger partial charge on any atom is 0.0332 e. The fourth-order valence-corrected chi connectivity index (χ4v) is 4.23. The fraction of sp³-hybridized carbons (Fsp3) is 0.692. The zero-order valence-electron chi connectivity index (χ0n) is 10.6. The molecule has 0 radical (unpaired) electrons. The maximum absolute atomic E-state index is 6.10. The van der Waals surface area contributed by atoms with Gasteiger partial charge in [-0.15, -0.1) is 11.3 Å². The van der Waals surface area contributed by atoms with Crippen molar-refractivity contribution in [3.8, 4) is 0 Å². The van der Waals surface area contributed by atoms with E-state index in [0.29, 0.717) is 6.04 Å². The third-order valence-corrected chi connectivity index (χ3v) is 5.66. The number of rotatable bonds is 3. The van der Waals surface area contributed by atoms with Crippen LogP contribution in [0, 0.1) is 6.92 Å². The van der Waals surface area contributed by atoms with Gasteiger partial charge in [-0.25, -0.2) is 0 Å². The van der Waals surface area contributed by atoms with Gasteiger partial charge in [0.25, 0.3) is 0 Å². The van der Waals surface area contributed by atoms with E-state index in [-0.39, 0.29) is 6.04 Å². The summed E-state index contributed by atoms with van der Waals surface area (Å²) in [5, 5.41) is 0. The molecular formula is C13H21BrN2S. The molecule has 2 N–H and O–H groups in total. The van der Waals surface area contributed by atoms with Gasteiger partial charge in [0, 0.05) is 32.9 Å². The number of aryl methyl sites for hydroxylation is 1. The molecule has 0 saturated carbocycles. The minimum Gasteiger partial charge on any atom is -0.327 e. The Bertz CT molecular complexity index is 356. The molecule has 2 rings (SSSR count). The number of halogens is 1. The molecule has 1 aromatic heterocycles. The van der Waals surface area contributed by atoms with Crippen molar-refractivity contribution in [3.63, 3.8) is 0 Å². The first-order chi connectivity index (χ1) is 8.08. The van der Waals surface area contributed by atoms with Gasteiger partial charge in [0.05, 0.1) is 0 Å². The normalized spacial score (nSPS) is 23.9. The second-order valence-corrected chi connectivity index (χ2v) is 7.20. The van der Waals surface area contributed by atoms with Crippen molar-refractivity contribution in [1.82, 2.24) is 4.90 Å². The van der Waals surface area contributed by atoms with Crippen LogP contribution >= 0.6 is 27.3 Å². The van der Waals surface area contributed by atoms with Gasteiger partial charge in [0.15, 0.2) is 0 Å². The fourth-order valence-electron chi connectivity index (χ4n) is 2.60. The monoisotopic (exact) mass is 316 g/mol. The second kappa shape index (κ2) is 5.83. The molecule has 96 valence electrons. The Morgan fingerprint density at radius 1 is 1.59 bits per heavy atom. The van der Waals surface area contributed by atoms with E-state index in [9.17, 15) is 0 Å². The zero-order chi connectivity index (χ0) is 12.4. The van der Waals surface area contributed by atoms with Gasteiger partial charge < -0.3 is 5.73 Å². The van der Waals surface area contributed by atoms with Crippen LogP contribution in [0.5, 0.6) is 0 Å². The molecule has 2 heterocycles. The molecule has 1 aliphatic rings. The second-order valence-electron chi connectivity index (χ2n) is 5.01. The maximum atomic E-state index is 6.10. The minimum absolute atomic E-state index is 0.278. The molecule has 2 nitrogen and oxygen atoms in total. The van der Waals surface area contributed by atoms with Gasteiger partial charge >= 0.3 is 0 Å². The molecule has 2 atom stereocenters. The van der Waals surface area contributed by atoms with Crippen LogP contribution in [0.25, 0.3) is 0 Å². The molecule has 17 heavy (non-hydrogen) atoms. The Kier molecular flexibility index (Phi) is 4.64. The molecule has 4 heteroatoms. The third kappa shape index (κ3) is 3.31. The predicted octanol–water partition coefficient (Wildman–Crippen LogP) is 3.52. The number of thiophene rings is 1. The average molecular weight is 317 g/mol. The van der Waals surface area contributed by atoms with Gasteiger partial charge in [-0.05, 0) is 55.2 Å². The molecule has 0 bridgehead atoms. The smallest absolute Gasteiger partial charge is 0.0332 e. The van der Waals surface area contributed by atoms with Crippen molar-refractivity contribution in [2.24, 2.45) is 5.73 Å². The van der Waals surface area contributed by atoms with Crippen molar-refractivity contribution in [3.05, 3.63) is 20.3 Å². The quantitative estimate of drug-likeness (QED) is 0.924. The highest BCUT2D eigenvalue weighted by molar-refractivity contribution is 9.10. The number of piperidine rings is 1. The van der Waals surface area contributed by atoms with Gasteiger partial charge in [0.1, 0.15) is 0 Å². The molecule has 2 unspecified atom stereocenters. The third-order valence-electron chi connectivity index (χ3n) is 3.54. The molecule has 1 aromatic rings. The number of nitrogens with zero attached hydrogens (tertiary/aromatic N) is 1. The van der Waals surface area contributed by atoms with E-state index in [1.807, 2.05) is 11.3 Å². The van der Waals surface area contributed by atoms with Crippen molar-refractivity contribution >= 4 is 27.3 Å². The lowest BCUT2D eigenvalue weighted by molar-refractivity contribution is 0.124. The Morgan fingerprint density at radius 3 is 2.94 bits per heavy atom. The van der Waals surface area contributed by atoms with Crippen LogP contribution in [0.3, 0.4) is 0 Å². The van der Waals surface area contributed by atoms with Crippen molar-refractivity contribution < 1.29 is 0 Å². The molecule has 1 saturated heterocycles. The summed E-state index contributed by atoms with van der Waals surface area (Å²) in [5.41, 5.74) is 6.10. The highest BCUT2D eigenvalue weighted by atomic mass is 79.9. The van der Waals surface area contributed by atoms with E-state index in [0.717, 1.165) is 6.54 Å². The first-order valence-corrected chi connectivity index (χ1v) is 7.93. The van der Waals surface area contributed by atoms with Crippen LogP contribution in [0.15, 0.2) is 10.5 Å². The number of likely N-dealkylation sites (tertiary alicyclic amines) is 1. The van der Waals surface area contributed by atoms with E-state index in [1.165, 1.54) is 40.0 Å². The first-order valence-electron chi connectivity index (χ1n) is 6.32. The Hall–Kier alpha value is 0.100. The lowest BCUT2D eigenvalue weighted by Crippen LogP contribution is -2.48. The lowest BCUT2D eigenvalue weighted by atomic mass is 9.97. The van der Waals surface area contributed by atoms with E-state index in [1.54, 1.807) is 0 Å². The van der Waals surface area contributed by atoms with Crippen LogP contribution in [-0.4, -0.2) is 23.5 Å². The molecule has 1 fully saturated rings. The average Bonchev–Trinajstić information content (AvgIpc) is 2.58. The number of hydrogen-bond acceptors (Lipinski definition) is 3. The molecular weight excluding hydrogens is 296 g/mol. The topological polar surface area (TPSA) is 29.3 Å². The summed E-state index contributed by atoms with van der Waals surface area (Å²) in [4.78, 5) is 5.38. The molecule has 0 spiro atoms. The van der Waals surface area contributed by atoms with Crippen molar-refractivity contribution in [2.45, 2.75) is 51.7 Å². The van der Waals surface area contributed by atoms with Crippen LogP contribution in [-0.2, 0) is 6.54 Å². The standard InChI is InChI=1S/C13H21BrN2S/c1-9(15)13-5-3-4-6-16(13)8-11-7-12(14)10(2)17-11/h7,9,13H,3-6,8,15H2,1-2H3. The Labute approximate surface area is 116 Å². The number of hydrogen-bond donors (Lipinski definition) is 1. The Morgan fingerprint density at radius 2 is 2.35 bits per heavy atom.